The number of aromatic nitrogens is 1. The Kier molecular flexibility index (Phi) is 3.33. The summed E-state index contributed by atoms with van der Waals surface area (Å²) in [5.41, 5.74) is 2.17. The summed E-state index contributed by atoms with van der Waals surface area (Å²) in [7, 11) is 1.70. The highest BCUT2D eigenvalue weighted by atomic mass is 32.1. The minimum atomic E-state index is -0.286. The van der Waals surface area contributed by atoms with E-state index >= 15 is 0 Å². The Balaban J connectivity index is 2.57. The van der Waals surface area contributed by atoms with Gasteiger partial charge in [0.15, 0.2) is 0 Å². The van der Waals surface area contributed by atoms with Crippen LogP contribution < -0.4 is 5.56 Å². The number of halogens is 1. The summed E-state index contributed by atoms with van der Waals surface area (Å²) in [5.74, 6) is 0.127. The second-order valence-corrected chi connectivity index (χ2v) is 4.09. The summed E-state index contributed by atoms with van der Waals surface area (Å²) in [6.45, 7) is 0. The van der Waals surface area contributed by atoms with Gasteiger partial charge >= 0.3 is 0 Å². The fourth-order valence-electron chi connectivity index (χ4n) is 1.72. The standard InChI is InChI=1S/C13H12FNOS/c1-15-12(7-4-10(8-17)13(15)16)9-2-5-11(14)6-3-9/h2-7,17H,8H2,1H3. The Morgan fingerprint density at radius 1 is 1.18 bits per heavy atom. The second kappa shape index (κ2) is 4.75. The first-order valence-electron chi connectivity index (χ1n) is 5.19. The molecule has 0 radical (unpaired) electrons. The van der Waals surface area contributed by atoms with Crippen LogP contribution in [0.25, 0.3) is 11.3 Å². The molecule has 0 amide bonds. The van der Waals surface area contributed by atoms with Crippen LogP contribution in [0.3, 0.4) is 0 Å². The van der Waals surface area contributed by atoms with E-state index in [-0.39, 0.29) is 11.4 Å². The lowest BCUT2D eigenvalue weighted by Crippen LogP contribution is -2.21. The van der Waals surface area contributed by atoms with Gasteiger partial charge in [0.1, 0.15) is 5.82 Å². The van der Waals surface area contributed by atoms with E-state index in [2.05, 4.69) is 12.6 Å². The molecule has 0 atom stereocenters. The van der Waals surface area contributed by atoms with Gasteiger partial charge in [-0.2, -0.15) is 12.6 Å². The van der Waals surface area contributed by atoms with Crippen LogP contribution in [0.2, 0.25) is 0 Å². The molecule has 1 aromatic heterocycles. The van der Waals surface area contributed by atoms with Gasteiger partial charge in [0.05, 0.1) is 5.69 Å². The lowest BCUT2D eigenvalue weighted by molar-refractivity contribution is 0.628. The van der Waals surface area contributed by atoms with E-state index in [0.29, 0.717) is 11.3 Å². The van der Waals surface area contributed by atoms with Gasteiger partial charge in [-0.15, -0.1) is 0 Å². The molecule has 2 rings (SSSR count). The van der Waals surface area contributed by atoms with Crippen molar-refractivity contribution in [2.24, 2.45) is 7.05 Å². The number of rotatable bonds is 2. The van der Waals surface area contributed by atoms with Crippen molar-refractivity contribution in [2.75, 3.05) is 0 Å². The van der Waals surface area contributed by atoms with Crippen LogP contribution in [0.15, 0.2) is 41.2 Å². The average Bonchev–Trinajstić information content (AvgIpc) is 2.34. The van der Waals surface area contributed by atoms with Crippen molar-refractivity contribution in [2.45, 2.75) is 5.75 Å². The number of hydrogen-bond donors (Lipinski definition) is 1. The molecule has 0 unspecified atom stereocenters. The van der Waals surface area contributed by atoms with Gasteiger partial charge in [0, 0.05) is 18.4 Å². The Morgan fingerprint density at radius 3 is 2.41 bits per heavy atom. The topological polar surface area (TPSA) is 22.0 Å². The molecule has 2 nitrogen and oxygen atoms in total. The number of pyridine rings is 1. The maximum atomic E-state index is 12.8. The molecule has 0 N–H and O–H groups in total. The lowest BCUT2D eigenvalue weighted by Gasteiger charge is -2.09. The molecule has 0 aliphatic rings. The molecule has 0 saturated heterocycles. The first-order chi connectivity index (χ1) is 8.13. The van der Waals surface area contributed by atoms with Gasteiger partial charge in [-0.25, -0.2) is 4.39 Å². The van der Waals surface area contributed by atoms with Crippen molar-refractivity contribution in [1.29, 1.82) is 0 Å². The molecule has 0 fully saturated rings. The monoisotopic (exact) mass is 249 g/mol. The molecule has 0 saturated carbocycles. The molecule has 0 bridgehead atoms. The van der Waals surface area contributed by atoms with E-state index in [9.17, 15) is 9.18 Å². The van der Waals surface area contributed by atoms with Crippen LogP contribution in [-0.4, -0.2) is 4.57 Å². The molecule has 0 aliphatic heterocycles. The van der Waals surface area contributed by atoms with Crippen LogP contribution in [0.4, 0.5) is 4.39 Å². The highest BCUT2D eigenvalue weighted by Gasteiger charge is 2.06. The first-order valence-corrected chi connectivity index (χ1v) is 5.82. The van der Waals surface area contributed by atoms with Crippen molar-refractivity contribution in [3.8, 4) is 11.3 Å². The van der Waals surface area contributed by atoms with Crippen molar-refractivity contribution >= 4 is 12.6 Å². The highest BCUT2D eigenvalue weighted by molar-refractivity contribution is 7.79. The van der Waals surface area contributed by atoms with E-state index in [1.165, 1.54) is 12.1 Å². The van der Waals surface area contributed by atoms with E-state index in [4.69, 9.17) is 0 Å². The number of thiol groups is 1. The molecular weight excluding hydrogens is 237 g/mol. The van der Waals surface area contributed by atoms with Gasteiger partial charge in [0.25, 0.3) is 5.56 Å². The molecule has 0 aliphatic carbocycles. The average molecular weight is 249 g/mol. The van der Waals surface area contributed by atoms with Crippen molar-refractivity contribution < 1.29 is 4.39 Å². The Morgan fingerprint density at radius 2 is 1.82 bits per heavy atom. The molecule has 17 heavy (non-hydrogen) atoms. The lowest BCUT2D eigenvalue weighted by atomic mass is 10.1. The highest BCUT2D eigenvalue weighted by Crippen LogP contribution is 2.18. The van der Waals surface area contributed by atoms with Gasteiger partial charge in [-0.1, -0.05) is 6.07 Å². The van der Waals surface area contributed by atoms with Crippen LogP contribution in [0, 0.1) is 5.82 Å². The fraction of sp³-hybridized carbons (Fsp3) is 0.154. The minimum absolute atomic E-state index is 0.0678. The number of benzene rings is 1. The maximum Gasteiger partial charge on any atom is 0.254 e. The molecule has 1 heterocycles. The predicted molar refractivity (Wildman–Crippen MR) is 69.8 cm³/mol. The predicted octanol–water partition coefficient (Wildman–Crippen LogP) is 2.62. The summed E-state index contributed by atoms with van der Waals surface area (Å²) in [4.78, 5) is 11.9. The van der Waals surface area contributed by atoms with E-state index in [1.54, 1.807) is 29.8 Å². The summed E-state index contributed by atoms with van der Waals surface area (Å²) >= 11 is 4.10. The van der Waals surface area contributed by atoms with Crippen LogP contribution in [-0.2, 0) is 12.8 Å². The van der Waals surface area contributed by atoms with Gasteiger partial charge in [-0.05, 0) is 35.9 Å². The zero-order valence-corrected chi connectivity index (χ0v) is 10.2. The van der Waals surface area contributed by atoms with E-state index < -0.39 is 0 Å². The van der Waals surface area contributed by atoms with Crippen molar-refractivity contribution in [3.05, 3.63) is 58.1 Å². The zero-order valence-electron chi connectivity index (χ0n) is 9.35. The van der Waals surface area contributed by atoms with Gasteiger partial charge in [-0.3, -0.25) is 4.79 Å². The molecular formula is C13H12FNOS. The third-order valence-corrected chi connectivity index (χ3v) is 3.03. The minimum Gasteiger partial charge on any atom is -0.311 e. The molecule has 0 spiro atoms. The van der Waals surface area contributed by atoms with Crippen LogP contribution in [0.5, 0.6) is 0 Å². The molecule has 2 aromatic rings. The molecule has 4 heteroatoms. The van der Waals surface area contributed by atoms with Crippen molar-refractivity contribution in [1.82, 2.24) is 4.57 Å². The summed E-state index contributed by atoms with van der Waals surface area (Å²) in [6.07, 6.45) is 0. The Labute approximate surface area is 104 Å². The quantitative estimate of drug-likeness (QED) is 0.812. The molecule has 1 aromatic carbocycles. The van der Waals surface area contributed by atoms with Gasteiger partial charge in [0.2, 0.25) is 0 Å². The third kappa shape index (κ3) is 2.26. The van der Waals surface area contributed by atoms with E-state index in [1.807, 2.05) is 6.07 Å². The normalized spacial score (nSPS) is 10.5. The number of nitrogens with zero attached hydrogens (tertiary/aromatic N) is 1. The fourth-order valence-corrected chi connectivity index (χ4v) is 1.96. The van der Waals surface area contributed by atoms with Crippen molar-refractivity contribution in [3.63, 3.8) is 0 Å². The number of hydrogen-bond acceptors (Lipinski definition) is 2. The van der Waals surface area contributed by atoms with E-state index in [0.717, 1.165) is 11.3 Å². The Hall–Kier alpha value is -1.55. The smallest absolute Gasteiger partial charge is 0.254 e. The SMILES string of the molecule is Cn1c(-c2ccc(F)cc2)ccc(CS)c1=O. The Bertz CT molecular complexity index is 589. The zero-order chi connectivity index (χ0) is 12.4. The third-order valence-electron chi connectivity index (χ3n) is 2.69. The maximum absolute atomic E-state index is 12.8. The summed E-state index contributed by atoms with van der Waals surface area (Å²) < 4.78 is 14.4. The second-order valence-electron chi connectivity index (χ2n) is 3.77. The first kappa shape index (κ1) is 11.9. The summed E-state index contributed by atoms with van der Waals surface area (Å²) in [6, 6.07) is 9.68. The van der Waals surface area contributed by atoms with Crippen LogP contribution >= 0.6 is 12.6 Å². The summed E-state index contributed by atoms with van der Waals surface area (Å²) in [5, 5.41) is 0. The van der Waals surface area contributed by atoms with Gasteiger partial charge < -0.3 is 4.57 Å². The van der Waals surface area contributed by atoms with Crippen LogP contribution in [0.1, 0.15) is 5.56 Å². The largest absolute Gasteiger partial charge is 0.311 e. The molecule has 88 valence electrons.